The Labute approximate surface area is 120 Å². The third kappa shape index (κ3) is 2.44. The van der Waals surface area contributed by atoms with Crippen molar-refractivity contribution >= 4 is 5.69 Å². The van der Waals surface area contributed by atoms with E-state index in [0.717, 1.165) is 38.0 Å². The molecule has 2 atom stereocenters. The minimum Gasteiger partial charge on any atom is -0.392 e. The summed E-state index contributed by atoms with van der Waals surface area (Å²) in [5.41, 5.74) is 2.27. The van der Waals surface area contributed by atoms with Gasteiger partial charge in [0.2, 0.25) is 0 Å². The first-order chi connectivity index (χ1) is 9.47. The lowest BCUT2D eigenvalue weighted by Gasteiger charge is -2.42. The molecule has 0 radical (unpaired) electrons. The average molecular weight is 277 g/mol. The number of halogens is 1. The van der Waals surface area contributed by atoms with Gasteiger partial charge in [0, 0.05) is 24.7 Å². The Morgan fingerprint density at radius 3 is 3.00 bits per heavy atom. The number of benzene rings is 1. The third-order valence-electron chi connectivity index (χ3n) is 5.14. The van der Waals surface area contributed by atoms with Crippen LogP contribution < -0.4 is 4.90 Å². The van der Waals surface area contributed by atoms with Crippen LogP contribution in [0.4, 0.5) is 10.1 Å². The number of rotatable bonds is 2. The molecule has 0 amide bonds. The Kier molecular flexibility index (Phi) is 3.49. The van der Waals surface area contributed by atoms with Crippen LogP contribution in [0.1, 0.15) is 38.7 Å². The average Bonchev–Trinajstić information content (AvgIpc) is 2.78. The van der Waals surface area contributed by atoms with Crippen LogP contribution in [0.25, 0.3) is 0 Å². The molecule has 0 spiro atoms. The van der Waals surface area contributed by atoms with E-state index in [-0.39, 0.29) is 17.3 Å². The van der Waals surface area contributed by atoms with Crippen molar-refractivity contribution in [2.75, 3.05) is 18.0 Å². The van der Waals surface area contributed by atoms with E-state index in [0.29, 0.717) is 5.92 Å². The van der Waals surface area contributed by atoms with E-state index < -0.39 is 0 Å². The summed E-state index contributed by atoms with van der Waals surface area (Å²) in [6.45, 7) is 6.10. The van der Waals surface area contributed by atoms with Crippen LogP contribution in [0.3, 0.4) is 0 Å². The van der Waals surface area contributed by atoms with Gasteiger partial charge in [-0.2, -0.15) is 0 Å². The minimum absolute atomic E-state index is 0.00735. The molecule has 3 heteroatoms. The third-order valence-corrected chi connectivity index (χ3v) is 5.14. The second-order valence-corrected chi connectivity index (χ2v) is 7.05. The zero-order valence-corrected chi connectivity index (χ0v) is 12.4. The molecule has 3 rings (SSSR count). The molecule has 2 aliphatic rings. The molecule has 1 saturated carbocycles. The highest BCUT2D eigenvalue weighted by Gasteiger charge is 2.38. The summed E-state index contributed by atoms with van der Waals surface area (Å²) in [7, 11) is 0. The fourth-order valence-corrected chi connectivity index (χ4v) is 3.85. The van der Waals surface area contributed by atoms with Gasteiger partial charge in [-0.3, -0.25) is 0 Å². The molecule has 1 aromatic carbocycles. The summed E-state index contributed by atoms with van der Waals surface area (Å²) in [4.78, 5) is 2.26. The SMILES string of the molecule is CC1(C)CCCC(CN2CCc3ccc(F)cc32)C1O. The molecule has 1 aromatic rings. The van der Waals surface area contributed by atoms with E-state index in [2.05, 4.69) is 18.7 Å². The van der Waals surface area contributed by atoms with Crippen molar-refractivity contribution in [3.05, 3.63) is 29.6 Å². The Morgan fingerprint density at radius 2 is 2.20 bits per heavy atom. The quantitative estimate of drug-likeness (QED) is 0.896. The number of aliphatic hydroxyl groups excluding tert-OH is 1. The molecule has 1 fully saturated rings. The predicted octanol–water partition coefficient (Wildman–Crippen LogP) is 3.38. The lowest BCUT2D eigenvalue weighted by molar-refractivity contribution is -0.0291. The smallest absolute Gasteiger partial charge is 0.125 e. The van der Waals surface area contributed by atoms with Gasteiger partial charge in [0.15, 0.2) is 0 Å². The van der Waals surface area contributed by atoms with Crippen molar-refractivity contribution < 1.29 is 9.50 Å². The van der Waals surface area contributed by atoms with Gasteiger partial charge >= 0.3 is 0 Å². The molecule has 2 nitrogen and oxygen atoms in total. The van der Waals surface area contributed by atoms with Gasteiger partial charge in [-0.05, 0) is 42.4 Å². The van der Waals surface area contributed by atoms with Crippen LogP contribution in [0, 0.1) is 17.2 Å². The summed E-state index contributed by atoms with van der Waals surface area (Å²) < 4.78 is 13.4. The minimum atomic E-state index is -0.256. The summed E-state index contributed by atoms with van der Waals surface area (Å²) >= 11 is 0. The van der Waals surface area contributed by atoms with E-state index in [1.54, 1.807) is 12.1 Å². The van der Waals surface area contributed by atoms with Gasteiger partial charge in [-0.1, -0.05) is 26.3 Å². The van der Waals surface area contributed by atoms with Crippen LogP contribution in [-0.4, -0.2) is 24.3 Å². The van der Waals surface area contributed by atoms with E-state index >= 15 is 0 Å². The molecule has 0 saturated heterocycles. The van der Waals surface area contributed by atoms with Crippen molar-refractivity contribution in [3.8, 4) is 0 Å². The normalized spacial score (nSPS) is 28.5. The van der Waals surface area contributed by atoms with Crippen molar-refractivity contribution in [1.82, 2.24) is 0 Å². The van der Waals surface area contributed by atoms with Crippen molar-refractivity contribution in [2.24, 2.45) is 11.3 Å². The van der Waals surface area contributed by atoms with E-state index in [1.165, 1.54) is 12.0 Å². The molecule has 0 aromatic heterocycles. The maximum Gasteiger partial charge on any atom is 0.125 e. The van der Waals surface area contributed by atoms with Crippen LogP contribution in [0.5, 0.6) is 0 Å². The van der Waals surface area contributed by atoms with E-state index in [9.17, 15) is 9.50 Å². The Hall–Kier alpha value is -1.09. The van der Waals surface area contributed by atoms with Crippen LogP contribution in [-0.2, 0) is 6.42 Å². The molecular weight excluding hydrogens is 253 g/mol. The van der Waals surface area contributed by atoms with Gasteiger partial charge < -0.3 is 10.0 Å². The number of hydrogen-bond donors (Lipinski definition) is 1. The fraction of sp³-hybridized carbons (Fsp3) is 0.647. The summed E-state index contributed by atoms with van der Waals surface area (Å²) in [6.07, 6.45) is 4.08. The number of fused-ring (bicyclic) bond motifs is 1. The first-order valence-electron chi connectivity index (χ1n) is 7.69. The monoisotopic (exact) mass is 277 g/mol. The zero-order chi connectivity index (χ0) is 14.3. The first kappa shape index (κ1) is 13.9. The van der Waals surface area contributed by atoms with Gasteiger partial charge in [0.1, 0.15) is 5.82 Å². The second kappa shape index (κ2) is 5.03. The van der Waals surface area contributed by atoms with E-state index in [4.69, 9.17) is 0 Å². The predicted molar refractivity (Wildman–Crippen MR) is 79.4 cm³/mol. The highest BCUT2D eigenvalue weighted by atomic mass is 19.1. The Morgan fingerprint density at radius 1 is 1.40 bits per heavy atom. The Bertz CT molecular complexity index is 500. The largest absolute Gasteiger partial charge is 0.392 e. The van der Waals surface area contributed by atoms with E-state index in [1.807, 2.05) is 6.07 Å². The van der Waals surface area contributed by atoms with Crippen molar-refractivity contribution in [3.63, 3.8) is 0 Å². The first-order valence-corrected chi connectivity index (χ1v) is 7.69. The van der Waals surface area contributed by atoms with Crippen molar-refractivity contribution in [2.45, 2.75) is 45.6 Å². The standard InChI is InChI=1S/C17H24FNO/c1-17(2)8-3-4-13(16(17)20)11-19-9-7-12-5-6-14(18)10-15(12)19/h5-6,10,13,16,20H,3-4,7-9,11H2,1-2H3. The molecule has 1 heterocycles. The van der Waals surface area contributed by atoms with Crippen LogP contribution in [0.2, 0.25) is 0 Å². The van der Waals surface area contributed by atoms with Crippen LogP contribution >= 0.6 is 0 Å². The topological polar surface area (TPSA) is 23.5 Å². The highest BCUT2D eigenvalue weighted by Crippen LogP contribution is 2.40. The lowest BCUT2D eigenvalue weighted by Crippen LogP contribution is -2.44. The maximum absolute atomic E-state index is 13.4. The number of nitrogens with zero attached hydrogens (tertiary/aromatic N) is 1. The number of aliphatic hydroxyl groups is 1. The molecule has 110 valence electrons. The second-order valence-electron chi connectivity index (χ2n) is 7.05. The Balaban J connectivity index is 1.75. The zero-order valence-electron chi connectivity index (χ0n) is 12.4. The van der Waals surface area contributed by atoms with Gasteiger partial charge in [0.05, 0.1) is 6.10 Å². The van der Waals surface area contributed by atoms with Gasteiger partial charge in [-0.25, -0.2) is 4.39 Å². The fourth-order valence-electron chi connectivity index (χ4n) is 3.85. The molecule has 1 N–H and O–H groups in total. The molecule has 1 aliphatic heterocycles. The summed E-state index contributed by atoms with van der Waals surface area (Å²) in [6, 6.07) is 5.08. The molecular formula is C17H24FNO. The highest BCUT2D eigenvalue weighted by molar-refractivity contribution is 5.58. The maximum atomic E-state index is 13.4. The van der Waals surface area contributed by atoms with Gasteiger partial charge in [-0.15, -0.1) is 0 Å². The summed E-state index contributed by atoms with van der Waals surface area (Å²) in [5.74, 6) is 0.133. The number of hydrogen-bond acceptors (Lipinski definition) is 2. The number of anilines is 1. The summed E-state index contributed by atoms with van der Waals surface area (Å²) in [5, 5.41) is 10.6. The van der Waals surface area contributed by atoms with Crippen molar-refractivity contribution in [1.29, 1.82) is 0 Å². The molecule has 20 heavy (non-hydrogen) atoms. The van der Waals surface area contributed by atoms with Gasteiger partial charge in [0.25, 0.3) is 0 Å². The lowest BCUT2D eigenvalue weighted by atomic mass is 9.69. The van der Waals surface area contributed by atoms with Crippen LogP contribution in [0.15, 0.2) is 18.2 Å². The molecule has 2 unspecified atom stereocenters. The molecule has 1 aliphatic carbocycles. The molecule has 0 bridgehead atoms.